The molecule has 2 aromatic rings. The molecule has 1 N–H and O–H groups in total. The van der Waals surface area contributed by atoms with Gasteiger partial charge in [-0.2, -0.15) is 13.2 Å². The predicted molar refractivity (Wildman–Crippen MR) is 104 cm³/mol. The summed E-state index contributed by atoms with van der Waals surface area (Å²) in [5.74, 6) is -1.70. The van der Waals surface area contributed by atoms with E-state index in [-0.39, 0.29) is 0 Å². The summed E-state index contributed by atoms with van der Waals surface area (Å²) in [6, 6.07) is 5.52. The number of carbonyl (C=O) groups excluding carboxylic acids is 2. The van der Waals surface area contributed by atoms with Gasteiger partial charge >= 0.3 is 12.1 Å². The zero-order chi connectivity index (χ0) is 22.6. The van der Waals surface area contributed by atoms with Gasteiger partial charge in [-0.05, 0) is 37.6 Å². The molecule has 11 heteroatoms. The molecular weight excluding hydrogens is 448 g/mol. The number of esters is 1. The highest BCUT2D eigenvalue weighted by Gasteiger charge is 2.31. The molecule has 0 radical (unpaired) electrons. The summed E-state index contributed by atoms with van der Waals surface area (Å²) in [6.07, 6.45) is -5.42. The number of carbonyl (C=O) groups is 2. The van der Waals surface area contributed by atoms with Gasteiger partial charge in [-0.1, -0.05) is 29.3 Å². The molecule has 0 unspecified atom stereocenters. The lowest BCUT2D eigenvalue weighted by molar-refractivity contribution is -0.155. The molecule has 30 heavy (non-hydrogen) atoms. The third-order valence-corrected chi connectivity index (χ3v) is 4.64. The summed E-state index contributed by atoms with van der Waals surface area (Å²) in [5, 5.41) is 3.37. The van der Waals surface area contributed by atoms with Crippen LogP contribution in [0.2, 0.25) is 10.0 Å². The van der Waals surface area contributed by atoms with Gasteiger partial charge in [0.2, 0.25) is 0 Å². The first kappa shape index (κ1) is 23.8. The van der Waals surface area contributed by atoms with E-state index >= 15 is 0 Å². The van der Waals surface area contributed by atoms with Crippen LogP contribution >= 0.6 is 23.2 Å². The van der Waals surface area contributed by atoms with E-state index in [0.29, 0.717) is 38.5 Å². The Hall–Kier alpha value is -2.52. The first-order chi connectivity index (χ1) is 13.9. The second-order valence-electron chi connectivity index (χ2n) is 6.41. The highest BCUT2D eigenvalue weighted by atomic mass is 35.5. The molecule has 0 saturated carbocycles. The van der Waals surface area contributed by atoms with Crippen molar-refractivity contribution in [2.24, 2.45) is 0 Å². The van der Waals surface area contributed by atoms with E-state index < -0.39 is 47.9 Å². The van der Waals surface area contributed by atoms with E-state index in [4.69, 9.17) is 27.9 Å². The van der Waals surface area contributed by atoms with E-state index in [1.54, 1.807) is 19.1 Å². The number of hydrogen-bond acceptors (Lipinski definition) is 4. The lowest BCUT2D eigenvalue weighted by atomic mass is 10.1. The Morgan fingerprint density at radius 2 is 1.83 bits per heavy atom. The number of hydrogen-bond donors (Lipinski definition) is 1. The molecule has 2 atom stereocenters. The van der Waals surface area contributed by atoms with Crippen LogP contribution in [-0.4, -0.2) is 22.5 Å². The van der Waals surface area contributed by atoms with Crippen LogP contribution < -0.4 is 10.9 Å². The van der Waals surface area contributed by atoms with E-state index in [1.807, 2.05) is 0 Å². The molecule has 0 saturated heterocycles. The third-order valence-electron chi connectivity index (χ3n) is 4.08. The van der Waals surface area contributed by atoms with Crippen molar-refractivity contribution in [3.05, 3.63) is 68.1 Å². The molecular formula is C19H17Cl2F3N2O4. The molecule has 1 aromatic carbocycles. The molecule has 6 nitrogen and oxygen atoms in total. The zero-order valence-electron chi connectivity index (χ0n) is 15.8. The number of alkyl halides is 3. The largest absolute Gasteiger partial charge is 0.451 e. The number of nitrogens with one attached hydrogen (secondary N) is 1. The molecule has 1 heterocycles. The third kappa shape index (κ3) is 6.24. The molecule has 0 aliphatic rings. The van der Waals surface area contributed by atoms with Crippen LogP contribution in [0.25, 0.3) is 0 Å². The first-order valence-electron chi connectivity index (χ1n) is 8.61. The van der Waals surface area contributed by atoms with Gasteiger partial charge in [0.25, 0.3) is 11.5 Å². The average molecular weight is 465 g/mol. The van der Waals surface area contributed by atoms with Crippen molar-refractivity contribution in [3.8, 4) is 0 Å². The molecule has 0 bridgehead atoms. The lowest BCUT2D eigenvalue weighted by Crippen LogP contribution is -2.38. The van der Waals surface area contributed by atoms with Crippen molar-refractivity contribution in [1.29, 1.82) is 0 Å². The van der Waals surface area contributed by atoms with Gasteiger partial charge in [-0.3, -0.25) is 14.4 Å². The maximum absolute atomic E-state index is 12.8. The fourth-order valence-electron chi connectivity index (χ4n) is 2.51. The number of ether oxygens (including phenoxy) is 1. The monoisotopic (exact) mass is 464 g/mol. The SMILES string of the molecule is C[C@H](NC(=O)[C@@H](C)OC(=O)Cn1cc(C(F)(F)F)ccc1=O)c1ccc(Cl)cc1Cl. The Kier molecular flexibility index (Phi) is 7.54. The minimum atomic E-state index is -4.67. The Balaban J connectivity index is 2.00. The number of halogens is 5. The molecule has 0 aliphatic heterocycles. The number of rotatable bonds is 6. The van der Waals surface area contributed by atoms with E-state index in [9.17, 15) is 27.6 Å². The number of pyridine rings is 1. The van der Waals surface area contributed by atoms with Crippen LogP contribution in [0.1, 0.15) is 31.0 Å². The van der Waals surface area contributed by atoms with Crippen molar-refractivity contribution < 1.29 is 27.5 Å². The van der Waals surface area contributed by atoms with Gasteiger partial charge in [-0.15, -0.1) is 0 Å². The topological polar surface area (TPSA) is 77.4 Å². The second kappa shape index (κ2) is 9.53. The van der Waals surface area contributed by atoms with Crippen molar-refractivity contribution >= 4 is 35.1 Å². The van der Waals surface area contributed by atoms with E-state index in [1.165, 1.54) is 13.0 Å². The molecule has 1 aromatic heterocycles. The molecule has 1 amide bonds. The predicted octanol–water partition coefficient (Wildman–Crippen LogP) is 3.98. The van der Waals surface area contributed by atoms with E-state index in [2.05, 4.69) is 5.32 Å². The van der Waals surface area contributed by atoms with Gasteiger partial charge < -0.3 is 14.6 Å². The minimum absolute atomic E-state index is 0.337. The summed E-state index contributed by atoms with van der Waals surface area (Å²) < 4.78 is 43.8. The van der Waals surface area contributed by atoms with E-state index in [0.717, 1.165) is 0 Å². The summed E-state index contributed by atoms with van der Waals surface area (Å²) in [7, 11) is 0. The fraction of sp³-hybridized carbons (Fsp3) is 0.316. The first-order valence-corrected chi connectivity index (χ1v) is 9.36. The Morgan fingerprint density at radius 3 is 2.43 bits per heavy atom. The Labute approximate surface area is 179 Å². The van der Waals surface area contributed by atoms with Crippen LogP contribution in [0.3, 0.4) is 0 Å². The highest BCUT2D eigenvalue weighted by Crippen LogP contribution is 2.28. The average Bonchev–Trinajstić information content (AvgIpc) is 2.62. The normalized spacial score (nSPS) is 13.4. The Bertz CT molecular complexity index is 1010. The number of aromatic nitrogens is 1. The summed E-state index contributed by atoms with van der Waals surface area (Å²) in [6.45, 7) is 2.17. The van der Waals surface area contributed by atoms with Gasteiger partial charge in [0, 0.05) is 22.3 Å². The van der Waals surface area contributed by atoms with Crippen molar-refractivity contribution in [1.82, 2.24) is 9.88 Å². The van der Waals surface area contributed by atoms with Crippen molar-refractivity contribution in [2.75, 3.05) is 0 Å². The number of nitrogens with zero attached hydrogens (tertiary/aromatic N) is 1. The van der Waals surface area contributed by atoms with Gasteiger partial charge in [-0.25, -0.2) is 0 Å². The lowest BCUT2D eigenvalue weighted by Gasteiger charge is -2.19. The molecule has 162 valence electrons. The van der Waals surface area contributed by atoms with Crippen LogP contribution in [0.5, 0.6) is 0 Å². The quantitative estimate of drug-likeness (QED) is 0.655. The maximum Gasteiger partial charge on any atom is 0.417 e. The van der Waals surface area contributed by atoms with Gasteiger partial charge in [0.15, 0.2) is 6.10 Å². The molecule has 2 rings (SSSR count). The highest BCUT2D eigenvalue weighted by molar-refractivity contribution is 6.35. The van der Waals surface area contributed by atoms with Crippen LogP contribution in [0.15, 0.2) is 41.3 Å². The van der Waals surface area contributed by atoms with Crippen molar-refractivity contribution in [3.63, 3.8) is 0 Å². The van der Waals surface area contributed by atoms with Gasteiger partial charge in [0.05, 0.1) is 11.6 Å². The van der Waals surface area contributed by atoms with Crippen LogP contribution in [0, 0.1) is 0 Å². The molecule has 0 spiro atoms. The zero-order valence-corrected chi connectivity index (χ0v) is 17.3. The summed E-state index contributed by atoms with van der Waals surface area (Å²) in [4.78, 5) is 36.0. The number of amides is 1. The second-order valence-corrected chi connectivity index (χ2v) is 7.25. The van der Waals surface area contributed by atoms with Crippen molar-refractivity contribution in [2.45, 2.75) is 38.7 Å². The fourth-order valence-corrected chi connectivity index (χ4v) is 3.08. The standard InChI is InChI=1S/C19H17Cl2F3N2O4/c1-10(14-5-4-13(20)7-15(14)21)25-18(29)11(2)30-17(28)9-26-8-12(19(22,23)24)3-6-16(26)27/h3-8,10-11H,9H2,1-2H3,(H,25,29)/t10-,11+/m0/s1. The molecule has 0 fully saturated rings. The van der Waals surface area contributed by atoms with Crippen LogP contribution in [-0.2, 0) is 27.0 Å². The maximum atomic E-state index is 12.8. The minimum Gasteiger partial charge on any atom is -0.451 e. The summed E-state index contributed by atoms with van der Waals surface area (Å²) >= 11 is 11.9. The summed E-state index contributed by atoms with van der Waals surface area (Å²) in [5.41, 5.74) is -1.32. The molecule has 0 aliphatic carbocycles. The van der Waals surface area contributed by atoms with Crippen LogP contribution in [0.4, 0.5) is 13.2 Å². The number of benzene rings is 1. The Morgan fingerprint density at radius 1 is 1.17 bits per heavy atom. The van der Waals surface area contributed by atoms with Gasteiger partial charge in [0.1, 0.15) is 6.54 Å². The smallest absolute Gasteiger partial charge is 0.417 e.